The molecule has 56 heavy (non-hydrogen) atoms. The molecule has 0 amide bonds. The van der Waals surface area contributed by atoms with Crippen molar-refractivity contribution in [2.45, 2.75) is 245 Å². The predicted octanol–water partition coefficient (Wildman–Crippen LogP) is 12.6. The zero-order chi connectivity index (χ0) is 40.3. The van der Waals surface area contributed by atoms with Crippen LogP contribution in [0.3, 0.4) is 0 Å². The Balaban J connectivity index is 1.89. The number of carbonyl (C=O) groups is 2. The van der Waals surface area contributed by atoms with Gasteiger partial charge in [-0.3, -0.25) is 19.4 Å². The van der Waals surface area contributed by atoms with Crippen LogP contribution in [0.25, 0.3) is 0 Å². The first-order valence-corrected chi connectivity index (χ1v) is 24.9. The van der Waals surface area contributed by atoms with Crippen molar-refractivity contribution in [2.75, 3.05) is 46.0 Å². The maximum Gasteiger partial charge on any atom is 0.306 e. The van der Waals surface area contributed by atoms with Crippen LogP contribution >= 0.6 is 0 Å². The first-order chi connectivity index (χ1) is 27.5. The third-order valence-electron chi connectivity index (χ3n) is 13.1. The van der Waals surface area contributed by atoms with Crippen LogP contribution in [-0.2, 0) is 19.1 Å². The van der Waals surface area contributed by atoms with E-state index in [0.717, 1.165) is 71.1 Å². The maximum atomic E-state index is 13.3. The molecule has 0 bridgehead atoms. The molecule has 2 saturated carbocycles. The normalized spacial score (nSPS) is 16.3. The third-order valence-corrected chi connectivity index (χ3v) is 13.1. The minimum absolute atomic E-state index is 0.0477. The minimum atomic E-state index is -0.0973. The molecule has 0 spiro atoms. The molecule has 2 fully saturated rings. The molecule has 0 heterocycles. The van der Waals surface area contributed by atoms with Crippen molar-refractivity contribution < 1.29 is 24.2 Å². The van der Waals surface area contributed by atoms with Gasteiger partial charge in [-0.1, -0.05) is 162 Å². The zero-order valence-electron chi connectivity index (χ0n) is 37.6. The highest BCUT2D eigenvalue weighted by atomic mass is 16.5. The highest BCUT2D eigenvalue weighted by Crippen LogP contribution is 2.27. The molecule has 2 aliphatic rings. The second kappa shape index (κ2) is 35.7. The first-order valence-electron chi connectivity index (χ1n) is 24.9. The monoisotopic (exact) mass is 791 g/mol. The SMILES string of the molecule is CCCCCCCCCCC(=O)OCC(CCCCN(CCN(CCO)C1CCCCC1)C1CCC1)COC(=O)CC(CCCCCC)CCCCCCCC. The van der Waals surface area contributed by atoms with Crippen LogP contribution < -0.4 is 0 Å². The Kier molecular flexibility index (Phi) is 32.5. The molecule has 2 atom stereocenters. The summed E-state index contributed by atoms with van der Waals surface area (Å²) in [5.41, 5.74) is 0. The fourth-order valence-electron chi connectivity index (χ4n) is 9.11. The molecule has 2 unspecified atom stereocenters. The van der Waals surface area contributed by atoms with Crippen molar-refractivity contribution in [3.63, 3.8) is 0 Å². The Morgan fingerprint density at radius 1 is 0.500 bits per heavy atom. The largest absolute Gasteiger partial charge is 0.465 e. The summed E-state index contributed by atoms with van der Waals surface area (Å²) in [6, 6.07) is 1.32. The van der Waals surface area contributed by atoms with Gasteiger partial charge in [0.1, 0.15) is 0 Å². The Bertz CT molecular complexity index is 907. The van der Waals surface area contributed by atoms with E-state index in [9.17, 15) is 14.7 Å². The number of hydrogen-bond acceptors (Lipinski definition) is 7. The van der Waals surface area contributed by atoms with E-state index in [-0.39, 0.29) is 24.5 Å². The van der Waals surface area contributed by atoms with E-state index in [2.05, 4.69) is 30.6 Å². The summed E-state index contributed by atoms with van der Waals surface area (Å²) in [6.45, 7) is 11.7. The summed E-state index contributed by atoms with van der Waals surface area (Å²) in [5.74, 6) is 0.303. The van der Waals surface area contributed by atoms with E-state index in [4.69, 9.17) is 9.47 Å². The molecular formula is C49H94N2O5. The molecule has 0 aromatic carbocycles. The van der Waals surface area contributed by atoms with Gasteiger partial charge in [-0.2, -0.15) is 0 Å². The van der Waals surface area contributed by atoms with Gasteiger partial charge in [0.15, 0.2) is 0 Å². The highest BCUT2D eigenvalue weighted by Gasteiger charge is 2.27. The Morgan fingerprint density at radius 3 is 1.48 bits per heavy atom. The number of ether oxygens (including phenoxy) is 2. The van der Waals surface area contributed by atoms with Gasteiger partial charge in [0.2, 0.25) is 0 Å². The molecule has 7 nitrogen and oxygen atoms in total. The summed E-state index contributed by atoms with van der Waals surface area (Å²) < 4.78 is 11.9. The van der Waals surface area contributed by atoms with E-state index in [1.807, 2.05) is 0 Å². The lowest BCUT2D eigenvalue weighted by molar-refractivity contribution is -0.150. The number of rotatable bonds is 39. The van der Waals surface area contributed by atoms with Crippen molar-refractivity contribution in [3.8, 4) is 0 Å². The molecule has 0 aliphatic heterocycles. The molecule has 2 aliphatic carbocycles. The Morgan fingerprint density at radius 2 is 0.946 bits per heavy atom. The van der Waals surface area contributed by atoms with Crippen LogP contribution in [0.1, 0.15) is 233 Å². The van der Waals surface area contributed by atoms with Crippen molar-refractivity contribution in [1.82, 2.24) is 9.80 Å². The summed E-state index contributed by atoms with van der Waals surface area (Å²) in [5, 5.41) is 9.82. The molecule has 2 rings (SSSR count). The van der Waals surface area contributed by atoms with E-state index < -0.39 is 0 Å². The average molecular weight is 791 g/mol. The number of aliphatic hydroxyl groups excluding tert-OH is 1. The van der Waals surface area contributed by atoms with Crippen molar-refractivity contribution in [2.24, 2.45) is 11.8 Å². The third kappa shape index (κ3) is 26.0. The fraction of sp³-hybridized carbons (Fsp3) is 0.959. The molecular weight excluding hydrogens is 697 g/mol. The second-order valence-electron chi connectivity index (χ2n) is 18.1. The Labute approximate surface area is 347 Å². The molecule has 1 N–H and O–H groups in total. The highest BCUT2D eigenvalue weighted by molar-refractivity contribution is 5.70. The minimum Gasteiger partial charge on any atom is -0.465 e. The van der Waals surface area contributed by atoms with Gasteiger partial charge in [-0.15, -0.1) is 0 Å². The van der Waals surface area contributed by atoms with Gasteiger partial charge in [0.25, 0.3) is 0 Å². The number of hydrogen-bond donors (Lipinski definition) is 1. The standard InChI is InChI=1S/C49H94N2O5/c1-4-7-10-13-15-16-18-24-35-48(53)55-42-45(43-56-49(54)41-44(28-20-12-9-6-3)29-21-17-14-11-8-5-2)30-25-26-36-50(47-33-27-34-47)37-38-51(39-40-52)46-31-22-19-23-32-46/h44-47,52H,4-43H2,1-3H3. The lowest BCUT2D eigenvalue weighted by Crippen LogP contribution is -2.47. The molecule has 0 aromatic rings. The zero-order valence-corrected chi connectivity index (χ0v) is 37.6. The molecule has 0 radical (unpaired) electrons. The fourth-order valence-corrected chi connectivity index (χ4v) is 9.11. The molecule has 0 saturated heterocycles. The van der Waals surface area contributed by atoms with Gasteiger partial charge < -0.3 is 14.6 Å². The van der Waals surface area contributed by atoms with Gasteiger partial charge in [0, 0.05) is 50.5 Å². The summed E-state index contributed by atoms with van der Waals surface area (Å²) in [7, 11) is 0. The van der Waals surface area contributed by atoms with Crippen LogP contribution in [0.4, 0.5) is 0 Å². The van der Waals surface area contributed by atoms with E-state index in [0.29, 0.717) is 44.1 Å². The van der Waals surface area contributed by atoms with Gasteiger partial charge in [-0.25, -0.2) is 0 Å². The second-order valence-corrected chi connectivity index (χ2v) is 18.1. The molecule has 0 aromatic heterocycles. The first kappa shape index (κ1) is 51.0. The lowest BCUT2D eigenvalue weighted by Gasteiger charge is -2.40. The van der Waals surface area contributed by atoms with Crippen molar-refractivity contribution in [3.05, 3.63) is 0 Å². The quantitative estimate of drug-likeness (QED) is 0.0491. The molecule has 7 heteroatoms. The average Bonchev–Trinajstić information content (AvgIpc) is 3.18. The topological polar surface area (TPSA) is 79.3 Å². The maximum absolute atomic E-state index is 13.3. The summed E-state index contributed by atoms with van der Waals surface area (Å²) in [6.07, 6.45) is 39.2. The van der Waals surface area contributed by atoms with E-state index >= 15 is 0 Å². The van der Waals surface area contributed by atoms with Crippen LogP contribution in [0, 0.1) is 11.8 Å². The number of unbranched alkanes of at least 4 members (excludes halogenated alkanes) is 16. The Hall–Kier alpha value is -1.18. The van der Waals surface area contributed by atoms with Crippen LogP contribution in [-0.4, -0.2) is 84.9 Å². The van der Waals surface area contributed by atoms with Crippen LogP contribution in [0.5, 0.6) is 0 Å². The van der Waals surface area contributed by atoms with Crippen LogP contribution in [0.15, 0.2) is 0 Å². The number of esters is 2. The van der Waals surface area contributed by atoms with E-state index in [1.165, 1.54) is 154 Å². The van der Waals surface area contributed by atoms with Crippen molar-refractivity contribution in [1.29, 1.82) is 0 Å². The van der Waals surface area contributed by atoms with Crippen molar-refractivity contribution >= 4 is 11.9 Å². The number of aliphatic hydroxyl groups is 1. The van der Waals surface area contributed by atoms with Gasteiger partial charge in [0.05, 0.1) is 19.8 Å². The van der Waals surface area contributed by atoms with Gasteiger partial charge >= 0.3 is 11.9 Å². The summed E-state index contributed by atoms with van der Waals surface area (Å²) in [4.78, 5) is 31.4. The van der Waals surface area contributed by atoms with E-state index in [1.54, 1.807) is 0 Å². The molecule has 330 valence electrons. The lowest BCUT2D eigenvalue weighted by atomic mass is 9.91. The number of carbonyl (C=O) groups excluding carboxylic acids is 2. The summed E-state index contributed by atoms with van der Waals surface area (Å²) >= 11 is 0. The van der Waals surface area contributed by atoms with Gasteiger partial charge in [-0.05, 0) is 70.3 Å². The number of nitrogens with zero attached hydrogens (tertiary/aromatic N) is 2. The predicted molar refractivity (Wildman–Crippen MR) is 236 cm³/mol. The smallest absolute Gasteiger partial charge is 0.306 e. The van der Waals surface area contributed by atoms with Crippen LogP contribution in [0.2, 0.25) is 0 Å².